The number of imidazole rings is 1. The van der Waals surface area contributed by atoms with E-state index in [1.165, 1.54) is 27.8 Å². The van der Waals surface area contributed by atoms with Gasteiger partial charge < -0.3 is 9.64 Å². The standard InChI is InChI=1S/C18H19F2N5O3/c1-23(2)17(26)25-15-13(24(3)18(25)27)10-21-14(22-15)9-6-11-4-7-12(8-5-11)28-16(19)20/h4-5,7-8,10,16H,6,9H2,1-3H3. The maximum atomic E-state index is 12.4. The van der Waals surface area contributed by atoms with Crippen LogP contribution in [0.2, 0.25) is 0 Å². The molecule has 0 aliphatic carbocycles. The van der Waals surface area contributed by atoms with Gasteiger partial charge in [-0.25, -0.2) is 19.6 Å². The Kier molecular flexibility index (Phi) is 5.39. The molecule has 0 fully saturated rings. The molecule has 0 saturated carbocycles. The summed E-state index contributed by atoms with van der Waals surface area (Å²) in [5, 5.41) is 0. The zero-order valence-electron chi connectivity index (χ0n) is 15.6. The van der Waals surface area contributed by atoms with Gasteiger partial charge in [0.2, 0.25) is 0 Å². The molecule has 0 N–H and O–H groups in total. The number of aryl methyl sites for hydroxylation is 3. The number of hydrogen-bond acceptors (Lipinski definition) is 5. The first-order chi connectivity index (χ1) is 13.3. The van der Waals surface area contributed by atoms with E-state index in [1.807, 2.05) is 0 Å². The van der Waals surface area contributed by atoms with Crippen LogP contribution in [0.1, 0.15) is 11.4 Å². The molecule has 1 amide bonds. The molecule has 28 heavy (non-hydrogen) atoms. The Morgan fingerprint density at radius 2 is 1.89 bits per heavy atom. The highest BCUT2D eigenvalue weighted by Crippen LogP contribution is 2.16. The molecule has 0 spiro atoms. The molecule has 148 valence electrons. The van der Waals surface area contributed by atoms with Crippen LogP contribution in [0.25, 0.3) is 11.2 Å². The highest BCUT2D eigenvalue weighted by atomic mass is 19.3. The van der Waals surface area contributed by atoms with Gasteiger partial charge in [-0.15, -0.1) is 0 Å². The van der Waals surface area contributed by atoms with Gasteiger partial charge in [0, 0.05) is 27.6 Å². The van der Waals surface area contributed by atoms with Crippen molar-refractivity contribution in [1.82, 2.24) is 24.0 Å². The first kappa shape index (κ1) is 19.5. The second-order valence-corrected chi connectivity index (χ2v) is 6.37. The van der Waals surface area contributed by atoms with E-state index in [-0.39, 0.29) is 11.4 Å². The third kappa shape index (κ3) is 3.85. The number of ether oxygens (including phenoxy) is 1. The van der Waals surface area contributed by atoms with Crippen LogP contribution in [0.15, 0.2) is 35.3 Å². The maximum absolute atomic E-state index is 12.4. The summed E-state index contributed by atoms with van der Waals surface area (Å²) in [6.07, 6.45) is 2.52. The molecule has 2 aromatic heterocycles. The Bertz CT molecular complexity index is 1060. The molecule has 10 heteroatoms. The lowest BCUT2D eigenvalue weighted by atomic mass is 10.1. The Hall–Kier alpha value is -3.30. The number of amides is 1. The van der Waals surface area contributed by atoms with Crippen LogP contribution in [0.4, 0.5) is 13.6 Å². The predicted molar refractivity (Wildman–Crippen MR) is 97.7 cm³/mol. The van der Waals surface area contributed by atoms with Crippen molar-refractivity contribution in [2.24, 2.45) is 7.05 Å². The molecule has 0 saturated heterocycles. The summed E-state index contributed by atoms with van der Waals surface area (Å²) in [7, 11) is 4.66. The number of aromatic nitrogens is 4. The van der Waals surface area contributed by atoms with E-state index in [4.69, 9.17) is 0 Å². The van der Waals surface area contributed by atoms with Crippen molar-refractivity contribution in [2.75, 3.05) is 14.1 Å². The molecule has 0 aliphatic heterocycles. The summed E-state index contributed by atoms with van der Waals surface area (Å²) in [6, 6.07) is 5.82. The van der Waals surface area contributed by atoms with Gasteiger partial charge in [0.1, 0.15) is 17.1 Å². The average molecular weight is 391 g/mol. The van der Waals surface area contributed by atoms with Crippen molar-refractivity contribution in [3.63, 3.8) is 0 Å². The molecule has 0 aliphatic rings. The van der Waals surface area contributed by atoms with E-state index in [2.05, 4.69) is 14.7 Å². The number of carbonyl (C=O) groups is 1. The van der Waals surface area contributed by atoms with Gasteiger partial charge in [0.25, 0.3) is 0 Å². The highest BCUT2D eigenvalue weighted by molar-refractivity contribution is 5.86. The van der Waals surface area contributed by atoms with Crippen LogP contribution in [0.5, 0.6) is 5.75 Å². The fourth-order valence-electron chi connectivity index (χ4n) is 2.73. The van der Waals surface area contributed by atoms with E-state index in [1.54, 1.807) is 33.3 Å². The van der Waals surface area contributed by atoms with Gasteiger partial charge >= 0.3 is 18.3 Å². The number of alkyl halides is 2. The van der Waals surface area contributed by atoms with Crippen molar-refractivity contribution < 1.29 is 18.3 Å². The molecule has 0 radical (unpaired) electrons. The molecule has 3 aromatic rings. The van der Waals surface area contributed by atoms with E-state index in [0.29, 0.717) is 24.2 Å². The SMILES string of the molecule is CN(C)C(=O)n1c(=O)n(C)c2cnc(CCc3ccc(OC(F)F)cc3)nc21. The minimum absolute atomic E-state index is 0.0897. The normalized spacial score (nSPS) is 11.2. The van der Waals surface area contributed by atoms with Crippen LogP contribution in [-0.2, 0) is 19.9 Å². The number of nitrogens with zero attached hydrogens (tertiary/aromatic N) is 5. The molecule has 2 heterocycles. The van der Waals surface area contributed by atoms with Crippen molar-refractivity contribution in [3.05, 3.63) is 52.3 Å². The number of benzene rings is 1. The zero-order valence-corrected chi connectivity index (χ0v) is 15.6. The average Bonchev–Trinajstić information content (AvgIpc) is 2.90. The van der Waals surface area contributed by atoms with Gasteiger partial charge in [0.05, 0.1) is 6.20 Å². The zero-order chi connectivity index (χ0) is 20.4. The molecule has 0 unspecified atom stereocenters. The van der Waals surface area contributed by atoms with Crippen LogP contribution in [-0.4, -0.2) is 50.7 Å². The second kappa shape index (κ2) is 7.75. The molecular weight excluding hydrogens is 372 g/mol. The Morgan fingerprint density at radius 1 is 1.21 bits per heavy atom. The molecular formula is C18H19F2N5O3. The summed E-state index contributed by atoms with van der Waals surface area (Å²) >= 11 is 0. The van der Waals surface area contributed by atoms with E-state index < -0.39 is 18.3 Å². The lowest BCUT2D eigenvalue weighted by Crippen LogP contribution is -2.35. The predicted octanol–water partition coefficient (Wildman–Crippen LogP) is 2.05. The Balaban J connectivity index is 1.83. The van der Waals surface area contributed by atoms with Crippen LogP contribution >= 0.6 is 0 Å². The number of hydrogen-bond donors (Lipinski definition) is 0. The first-order valence-electron chi connectivity index (χ1n) is 8.46. The Morgan fingerprint density at radius 3 is 2.50 bits per heavy atom. The minimum Gasteiger partial charge on any atom is -0.435 e. The lowest BCUT2D eigenvalue weighted by Gasteiger charge is -2.10. The van der Waals surface area contributed by atoms with E-state index in [9.17, 15) is 18.4 Å². The number of rotatable bonds is 5. The largest absolute Gasteiger partial charge is 0.435 e. The molecule has 0 bridgehead atoms. The van der Waals surface area contributed by atoms with Crippen molar-refractivity contribution >= 4 is 17.2 Å². The first-order valence-corrected chi connectivity index (χ1v) is 8.46. The van der Waals surface area contributed by atoms with Crippen LogP contribution in [0.3, 0.4) is 0 Å². The smallest absolute Gasteiger partial charge is 0.387 e. The monoisotopic (exact) mass is 391 g/mol. The number of carbonyl (C=O) groups excluding carboxylic acids is 1. The van der Waals surface area contributed by atoms with Crippen molar-refractivity contribution in [1.29, 1.82) is 0 Å². The number of halogens is 2. The van der Waals surface area contributed by atoms with E-state index in [0.717, 1.165) is 10.1 Å². The fraction of sp³-hybridized carbons (Fsp3) is 0.333. The van der Waals surface area contributed by atoms with Gasteiger partial charge in [-0.3, -0.25) is 4.57 Å². The number of fused-ring (bicyclic) bond motifs is 1. The molecule has 0 atom stereocenters. The highest BCUT2D eigenvalue weighted by Gasteiger charge is 2.20. The Labute approximate surface area is 159 Å². The van der Waals surface area contributed by atoms with Gasteiger partial charge in [-0.05, 0) is 24.1 Å². The van der Waals surface area contributed by atoms with Crippen LogP contribution in [0, 0.1) is 0 Å². The fourth-order valence-corrected chi connectivity index (χ4v) is 2.73. The summed E-state index contributed by atoms with van der Waals surface area (Å²) in [6.45, 7) is -2.86. The third-order valence-electron chi connectivity index (χ3n) is 4.21. The van der Waals surface area contributed by atoms with Gasteiger partial charge in [-0.1, -0.05) is 12.1 Å². The quantitative estimate of drug-likeness (QED) is 0.665. The minimum atomic E-state index is -2.86. The third-order valence-corrected chi connectivity index (χ3v) is 4.21. The van der Waals surface area contributed by atoms with E-state index >= 15 is 0 Å². The molecule has 3 rings (SSSR count). The van der Waals surface area contributed by atoms with Gasteiger partial charge in [-0.2, -0.15) is 13.3 Å². The van der Waals surface area contributed by atoms with Crippen molar-refractivity contribution in [2.45, 2.75) is 19.5 Å². The van der Waals surface area contributed by atoms with Crippen LogP contribution < -0.4 is 10.4 Å². The summed E-state index contributed by atoms with van der Waals surface area (Å²) in [5.41, 5.74) is 1.10. The topological polar surface area (TPSA) is 82.2 Å². The molecule has 8 nitrogen and oxygen atoms in total. The summed E-state index contributed by atoms with van der Waals surface area (Å²) in [4.78, 5) is 34.7. The van der Waals surface area contributed by atoms with Gasteiger partial charge in [0.15, 0.2) is 5.65 Å². The summed E-state index contributed by atoms with van der Waals surface area (Å²) < 4.78 is 31.0. The van der Waals surface area contributed by atoms with Crippen molar-refractivity contribution in [3.8, 4) is 5.75 Å². The summed E-state index contributed by atoms with van der Waals surface area (Å²) in [5.74, 6) is 0.554. The maximum Gasteiger partial charge on any atom is 0.387 e. The second-order valence-electron chi connectivity index (χ2n) is 6.37. The lowest BCUT2D eigenvalue weighted by molar-refractivity contribution is -0.0498. The molecule has 1 aromatic carbocycles.